The first kappa shape index (κ1) is 12.7. The van der Waals surface area contributed by atoms with Crippen molar-refractivity contribution in [2.75, 3.05) is 0 Å². The molecule has 0 saturated heterocycles. The third-order valence-corrected chi connectivity index (χ3v) is 4.89. The second-order valence-corrected chi connectivity index (χ2v) is 6.78. The van der Waals surface area contributed by atoms with Crippen LogP contribution in [0.15, 0.2) is 56.7 Å². The molecule has 0 unspecified atom stereocenters. The van der Waals surface area contributed by atoms with Gasteiger partial charge in [-0.2, -0.15) is 0 Å². The van der Waals surface area contributed by atoms with Gasteiger partial charge in [0.15, 0.2) is 0 Å². The van der Waals surface area contributed by atoms with E-state index in [2.05, 4.69) is 62.8 Å². The molecular formula is C12H7BrClIS. The maximum absolute atomic E-state index is 5.90. The maximum atomic E-state index is 5.90. The van der Waals surface area contributed by atoms with Gasteiger partial charge in [0.05, 0.1) is 0 Å². The number of rotatable bonds is 2. The third kappa shape index (κ3) is 3.39. The van der Waals surface area contributed by atoms with Crippen molar-refractivity contribution < 1.29 is 0 Å². The summed E-state index contributed by atoms with van der Waals surface area (Å²) in [4.78, 5) is 2.40. The highest BCUT2D eigenvalue weighted by Crippen LogP contribution is 2.34. The van der Waals surface area contributed by atoms with Crippen LogP contribution in [0.4, 0.5) is 0 Å². The fourth-order valence-electron chi connectivity index (χ4n) is 1.19. The van der Waals surface area contributed by atoms with Gasteiger partial charge in [-0.25, -0.2) is 0 Å². The Morgan fingerprint density at radius 3 is 2.38 bits per heavy atom. The fourth-order valence-corrected chi connectivity index (χ4v) is 3.29. The average Bonchev–Trinajstić information content (AvgIpc) is 2.25. The Hall–Kier alpha value is 0.290. The van der Waals surface area contributed by atoms with E-state index in [0.29, 0.717) is 0 Å². The first-order valence-corrected chi connectivity index (χ1v) is 7.60. The minimum atomic E-state index is 0.749. The van der Waals surface area contributed by atoms with Gasteiger partial charge in [-0.05, 0) is 81.0 Å². The molecule has 0 aromatic heterocycles. The molecule has 0 bridgehead atoms. The Kier molecular flexibility index (Phi) is 4.58. The van der Waals surface area contributed by atoms with E-state index in [9.17, 15) is 0 Å². The zero-order chi connectivity index (χ0) is 11.5. The van der Waals surface area contributed by atoms with E-state index >= 15 is 0 Å². The van der Waals surface area contributed by atoms with E-state index in [1.807, 2.05) is 18.2 Å². The first-order valence-electron chi connectivity index (χ1n) is 4.53. The quantitative estimate of drug-likeness (QED) is 0.543. The third-order valence-electron chi connectivity index (χ3n) is 1.94. The molecule has 0 atom stereocenters. The van der Waals surface area contributed by atoms with Crippen molar-refractivity contribution in [2.24, 2.45) is 0 Å². The summed E-state index contributed by atoms with van der Waals surface area (Å²) in [5, 5.41) is 0.749. The lowest BCUT2D eigenvalue weighted by atomic mass is 10.4. The standard InChI is InChI=1S/C12H7BrClIS/c13-11-7-8(14)1-6-12(11)16-10-4-2-9(15)3-5-10/h1-7H. The largest absolute Gasteiger partial charge is 0.0889 e. The fraction of sp³-hybridized carbons (Fsp3) is 0. The highest BCUT2D eigenvalue weighted by Gasteiger charge is 2.03. The molecule has 0 aliphatic heterocycles. The molecule has 0 fully saturated rings. The second-order valence-electron chi connectivity index (χ2n) is 3.13. The summed E-state index contributed by atoms with van der Waals surface area (Å²) in [7, 11) is 0. The highest BCUT2D eigenvalue weighted by molar-refractivity contribution is 14.1. The van der Waals surface area contributed by atoms with Gasteiger partial charge >= 0.3 is 0 Å². The zero-order valence-corrected chi connectivity index (χ0v) is 13.4. The Bertz CT molecular complexity index is 499. The number of halogens is 3. The molecule has 0 saturated carbocycles. The van der Waals surface area contributed by atoms with Crippen molar-refractivity contribution in [2.45, 2.75) is 9.79 Å². The van der Waals surface area contributed by atoms with Crippen LogP contribution < -0.4 is 0 Å². The molecule has 16 heavy (non-hydrogen) atoms. The topological polar surface area (TPSA) is 0 Å². The number of hydrogen-bond donors (Lipinski definition) is 0. The zero-order valence-electron chi connectivity index (χ0n) is 8.08. The van der Waals surface area contributed by atoms with Crippen LogP contribution in [0, 0.1) is 3.57 Å². The van der Waals surface area contributed by atoms with E-state index < -0.39 is 0 Å². The minimum Gasteiger partial charge on any atom is -0.0889 e. The lowest BCUT2D eigenvalue weighted by molar-refractivity contribution is 1.37. The summed E-state index contributed by atoms with van der Waals surface area (Å²) in [5.74, 6) is 0. The molecule has 4 heteroatoms. The molecular weight excluding hydrogens is 418 g/mol. The van der Waals surface area contributed by atoms with Crippen molar-refractivity contribution in [3.63, 3.8) is 0 Å². The van der Waals surface area contributed by atoms with Gasteiger partial charge in [-0.1, -0.05) is 23.4 Å². The molecule has 0 aliphatic rings. The Balaban J connectivity index is 2.23. The Labute approximate surface area is 126 Å². The van der Waals surface area contributed by atoms with Crippen LogP contribution >= 0.6 is 61.9 Å². The lowest BCUT2D eigenvalue weighted by Gasteiger charge is -2.04. The predicted molar refractivity (Wildman–Crippen MR) is 82.4 cm³/mol. The maximum Gasteiger partial charge on any atom is 0.0418 e. The molecule has 0 amide bonds. The monoisotopic (exact) mass is 424 g/mol. The molecule has 0 heterocycles. The smallest absolute Gasteiger partial charge is 0.0418 e. The van der Waals surface area contributed by atoms with Gasteiger partial charge in [0.1, 0.15) is 0 Å². The van der Waals surface area contributed by atoms with Crippen LogP contribution in [0.2, 0.25) is 5.02 Å². The number of hydrogen-bond acceptors (Lipinski definition) is 1. The van der Waals surface area contributed by atoms with E-state index in [4.69, 9.17) is 11.6 Å². The molecule has 0 spiro atoms. The lowest BCUT2D eigenvalue weighted by Crippen LogP contribution is -1.77. The highest BCUT2D eigenvalue weighted by atomic mass is 127. The molecule has 0 aliphatic carbocycles. The molecule has 2 aromatic carbocycles. The summed E-state index contributed by atoms with van der Waals surface area (Å²) in [6, 6.07) is 14.3. The predicted octanol–water partition coefficient (Wildman–Crippen LogP) is 5.86. The average molecular weight is 426 g/mol. The van der Waals surface area contributed by atoms with E-state index in [-0.39, 0.29) is 0 Å². The first-order chi connectivity index (χ1) is 7.65. The Morgan fingerprint density at radius 2 is 1.75 bits per heavy atom. The minimum absolute atomic E-state index is 0.749. The van der Waals surface area contributed by atoms with Gasteiger partial charge in [0.2, 0.25) is 0 Å². The van der Waals surface area contributed by atoms with E-state index in [1.54, 1.807) is 11.8 Å². The van der Waals surface area contributed by atoms with Gasteiger partial charge in [-0.15, -0.1) is 0 Å². The molecule has 82 valence electrons. The molecule has 0 N–H and O–H groups in total. The Morgan fingerprint density at radius 1 is 1.06 bits per heavy atom. The van der Waals surface area contributed by atoms with Crippen molar-refractivity contribution in [1.29, 1.82) is 0 Å². The van der Waals surface area contributed by atoms with Gasteiger partial charge in [0, 0.05) is 22.9 Å². The van der Waals surface area contributed by atoms with Crippen LogP contribution in [0.3, 0.4) is 0 Å². The van der Waals surface area contributed by atoms with Crippen molar-refractivity contribution >= 4 is 61.9 Å². The van der Waals surface area contributed by atoms with Crippen LogP contribution in [-0.4, -0.2) is 0 Å². The van der Waals surface area contributed by atoms with Crippen LogP contribution in [0.1, 0.15) is 0 Å². The molecule has 2 aromatic rings. The van der Waals surface area contributed by atoms with Gasteiger partial charge < -0.3 is 0 Å². The summed E-state index contributed by atoms with van der Waals surface area (Å²) in [6.07, 6.45) is 0. The van der Waals surface area contributed by atoms with Gasteiger partial charge in [-0.3, -0.25) is 0 Å². The van der Waals surface area contributed by atoms with Crippen molar-refractivity contribution in [3.05, 3.63) is 55.5 Å². The van der Waals surface area contributed by atoms with E-state index in [1.165, 1.54) is 13.4 Å². The van der Waals surface area contributed by atoms with Crippen LogP contribution in [-0.2, 0) is 0 Å². The van der Waals surface area contributed by atoms with E-state index in [0.717, 1.165) is 9.50 Å². The molecule has 0 nitrogen and oxygen atoms in total. The van der Waals surface area contributed by atoms with Crippen LogP contribution in [0.25, 0.3) is 0 Å². The summed E-state index contributed by atoms with van der Waals surface area (Å²) in [6.45, 7) is 0. The molecule has 0 radical (unpaired) electrons. The second kappa shape index (κ2) is 5.76. The van der Waals surface area contributed by atoms with Crippen LogP contribution in [0.5, 0.6) is 0 Å². The number of benzene rings is 2. The van der Waals surface area contributed by atoms with Crippen molar-refractivity contribution in [3.8, 4) is 0 Å². The summed E-state index contributed by atoms with van der Waals surface area (Å²) < 4.78 is 2.28. The normalized spacial score (nSPS) is 10.4. The molecule has 2 rings (SSSR count). The summed E-state index contributed by atoms with van der Waals surface area (Å²) in [5.41, 5.74) is 0. The summed E-state index contributed by atoms with van der Waals surface area (Å²) >= 11 is 13.4. The van der Waals surface area contributed by atoms with Crippen molar-refractivity contribution in [1.82, 2.24) is 0 Å². The van der Waals surface area contributed by atoms with Gasteiger partial charge in [0.25, 0.3) is 0 Å². The SMILES string of the molecule is Clc1ccc(Sc2ccc(I)cc2)c(Br)c1.